The minimum absolute atomic E-state index is 0.629. The number of aromatic nitrogens is 2. The Morgan fingerprint density at radius 2 is 1.75 bits per heavy atom. The number of rotatable bonds is 5. The fourth-order valence-corrected chi connectivity index (χ4v) is 5.44. The van der Waals surface area contributed by atoms with Crippen molar-refractivity contribution in [2.24, 2.45) is 0 Å². The van der Waals surface area contributed by atoms with Gasteiger partial charge in [-0.1, -0.05) is 23.7 Å². The van der Waals surface area contributed by atoms with E-state index in [1.165, 1.54) is 0 Å². The zero-order valence-electron chi connectivity index (χ0n) is 21.2. The summed E-state index contributed by atoms with van der Waals surface area (Å²) in [6.07, 6.45) is 2.42. The number of benzene rings is 2. The van der Waals surface area contributed by atoms with Crippen LogP contribution < -0.4 is 4.90 Å². The molecule has 1 aliphatic rings. The van der Waals surface area contributed by atoms with Crippen LogP contribution in [0, 0.1) is 13.8 Å². The molecule has 0 spiro atoms. The van der Waals surface area contributed by atoms with E-state index in [1.54, 1.807) is 12.4 Å². The third-order valence-corrected chi connectivity index (χ3v) is 6.96. The average Bonchev–Trinajstić information content (AvgIpc) is 3.17. The lowest BCUT2D eigenvalue weighted by atomic mass is 9.87. The Hall–Kier alpha value is -3.35. The first-order chi connectivity index (χ1) is 17.1. The molecule has 2 aromatic carbocycles. The number of carboxylic acid groups (broad SMARTS) is 1. The van der Waals surface area contributed by atoms with Crippen molar-refractivity contribution >= 4 is 39.8 Å². The van der Waals surface area contributed by atoms with Crippen LogP contribution in [0.15, 0.2) is 54.9 Å². The van der Waals surface area contributed by atoms with E-state index in [4.69, 9.17) is 16.3 Å². The molecule has 7 heteroatoms. The number of anilines is 2. The molecule has 6 nitrogen and oxygen atoms in total. The topological polar surface area (TPSA) is 67.6 Å². The Kier molecular flexibility index (Phi) is 6.05. The first kappa shape index (κ1) is 24.3. The molecule has 0 radical (unpaired) electrons. The molecule has 0 saturated heterocycles. The summed E-state index contributed by atoms with van der Waals surface area (Å²) in [4.78, 5) is 19.2. The molecule has 0 amide bonds. The number of carbonyl (C=O) groups is 1. The number of aryl methyl sites for hydroxylation is 1. The summed E-state index contributed by atoms with van der Waals surface area (Å²) < 4.78 is 8.57. The maximum absolute atomic E-state index is 12.8. The fraction of sp³-hybridized carbons (Fsp3) is 0.310. The molecule has 4 aromatic rings. The highest BCUT2D eigenvalue weighted by molar-refractivity contribution is 6.30. The molecule has 0 fully saturated rings. The smallest absolute Gasteiger partial charge is 0.337 e. The van der Waals surface area contributed by atoms with Crippen molar-refractivity contribution in [3.8, 4) is 11.1 Å². The van der Waals surface area contributed by atoms with Gasteiger partial charge in [0.1, 0.15) is 0 Å². The van der Waals surface area contributed by atoms with Crippen LogP contribution in [0.5, 0.6) is 0 Å². The van der Waals surface area contributed by atoms with Gasteiger partial charge >= 0.3 is 5.97 Å². The standard InChI is InChI=1S/C29H30ClN3O3/c1-17-16-22-24(19-6-8-20(30)9-7-19)23(27(28(34)35)36-29(3,4)5)18(2)25-26(22)32(17)14-15-33(25)21-10-12-31-13-11-21/h6-13,16,27H,14-15H2,1-5H3,(H,34,35)/t27-/m0/s1. The molecule has 0 bridgehead atoms. The minimum Gasteiger partial charge on any atom is -0.479 e. The molecular weight excluding hydrogens is 474 g/mol. The highest BCUT2D eigenvalue weighted by Gasteiger charge is 2.36. The summed E-state index contributed by atoms with van der Waals surface area (Å²) >= 11 is 6.23. The summed E-state index contributed by atoms with van der Waals surface area (Å²) in [5, 5.41) is 12.1. The van der Waals surface area contributed by atoms with Crippen molar-refractivity contribution in [3.05, 3.63) is 76.7 Å². The zero-order valence-corrected chi connectivity index (χ0v) is 21.9. The molecule has 0 aliphatic carbocycles. The maximum atomic E-state index is 12.8. The predicted molar refractivity (Wildman–Crippen MR) is 144 cm³/mol. The van der Waals surface area contributed by atoms with E-state index in [1.807, 2.05) is 64.1 Å². The van der Waals surface area contributed by atoms with E-state index in [2.05, 4.69) is 27.4 Å². The van der Waals surface area contributed by atoms with Crippen LogP contribution in [0.4, 0.5) is 11.4 Å². The highest BCUT2D eigenvalue weighted by Crippen LogP contribution is 2.49. The largest absolute Gasteiger partial charge is 0.479 e. The molecule has 186 valence electrons. The van der Waals surface area contributed by atoms with Crippen LogP contribution in [0.25, 0.3) is 22.0 Å². The van der Waals surface area contributed by atoms with Crippen LogP contribution in [-0.2, 0) is 16.1 Å². The quantitative estimate of drug-likeness (QED) is 0.315. The molecule has 2 aromatic heterocycles. The van der Waals surface area contributed by atoms with Crippen molar-refractivity contribution < 1.29 is 14.6 Å². The van der Waals surface area contributed by atoms with E-state index >= 15 is 0 Å². The van der Waals surface area contributed by atoms with Crippen molar-refractivity contribution in [2.45, 2.75) is 52.9 Å². The normalized spacial score (nSPS) is 14.3. The lowest BCUT2D eigenvalue weighted by Gasteiger charge is -2.36. The van der Waals surface area contributed by atoms with Crippen LogP contribution in [-0.4, -0.2) is 32.8 Å². The highest BCUT2D eigenvalue weighted by atomic mass is 35.5. The molecular formula is C29H30ClN3O3. The number of ether oxygens (including phenoxy) is 1. The van der Waals surface area contributed by atoms with E-state index in [9.17, 15) is 9.90 Å². The lowest BCUT2D eigenvalue weighted by molar-refractivity contribution is -0.160. The minimum atomic E-state index is -1.15. The second kappa shape index (κ2) is 8.95. The van der Waals surface area contributed by atoms with Gasteiger partial charge in [-0.2, -0.15) is 0 Å². The monoisotopic (exact) mass is 503 g/mol. The molecule has 0 unspecified atom stereocenters. The van der Waals surface area contributed by atoms with Gasteiger partial charge in [0, 0.05) is 52.8 Å². The van der Waals surface area contributed by atoms with Crippen LogP contribution >= 0.6 is 11.6 Å². The van der Waals surface area contributed by atoms with Crippen LogP contribution in [0.2, 0.25) is 5.02 Å². The van der Waals surface area contributed by atoms with Gasteiger partial charge in [-0.3, -0.25) is 4.98 Å². The van der Waals surface area contributed by atoms with Crippen molar-refractivity contribution in [1.82, 2.24) is 9.55 Å². The number of hydrogen-bond acceptors (Lipinski definition) is 4. The van der Waals surface area contributed by atoms with E-state index in [0.717, 1.165) is 57.8 Å². The number of carboxylic acids is 1. The summed E-state index contributed by atoms with van der Waals surface area (Å²) in [5.74, 6) is -1.02. The molecule has 5 rings (SSSR count). The second-order valence-corrected chi connectivity index (χ2v) is 10.7. The number of pyridine rings is 1. The van der Waals surface area contributed by atoms with Gasteiger partial charge in [0.15, 0.2) is 6.10 Å². The van der Waals surface area contributed by atoms with Gasteiger partial charge in [-0.25, -0.2) is 4.79 Å². The molecule has 0 saturated carbocycles. The van der Waals surface area contributed by atoms with Gasteiger partial charge < -0.3 is 19.3 Å². The second-order valence-electron chi connectivity index (χ2n) is 10.3. The molecule has 1 atom stereocenters. The Labute approximate surface area is 216 Å². The van der Waals surface area contributed by atoms with Gasteiger partial charge in [-0.15, -0.1) is 0 Å². The SMILES string of the molecule is Cc1c([C@H](OC(C)(C)C)C(=O)O)c(-c2ccc(Cl)cc2)c2cc(C)n3c2c1N(c1ccncc1)CC3. The summed E-state index contributed by atoms with van der Waals surface area (Å²) in [7, 11) is 0. The predicted octanol–water partition coefficient (Wildman–Crippen LogP) is 7.07. The van der Waals surface area contributed by atoms with Gasteiger partial charge in [0.2, 0.25) is 0 Å². The maximum Gasteiger partial charge on any atom is 0.337 e. The number of hydrogen-bond donors (Lipinski definition) is 1. The summed E-state index contributed by atoms with van der Waals surface area (Å²) in [6, 6.07) is 13.7. The first-order valence-electron chi connectivity index (χ1n) is 12.1. The molecule has 36 heavy (non-hydrogen) atoms. The number of nitrogens with zero attached hydrogens (tertiary/aromatic N) is 3. The van der Waals surface area contributed by atoms with Crippen molar-refractivity contribution in [2.75, 3.05) is 11.4 Å². The van der Waals surface area contributed by atoms with Gasteiger partial charge in [-0.05, 0) is 81.6 Å². The third kappa shape index (κ3) is 4.14. The lowest BCUT2D eigenvalue weighted by Crippen LogP contribution is -2.31. The van der Waals surface area contributed by atoms with Gasteiger partial charge in [0.05, 0.1) is 16.8 Å². The fourth-order valence-electron chi connectivity index (χ4n) is 5.31. The summed E-state index contributed by atoms with van der Waals surface area (Å²) in [6.45, 7) is 11.3. The Balaban J connectivity index is 1.92. The first-order valence-corrected chi connectivity index (χ1v) is 12.4. The molecule has 1 aliphatic heterocycles. The van der Waals surface area contributed by atoms with E-state index < -0.39 is 17.7 Å². The Bertz CT molecular complexity index is 1450. The molecule has 1 N–H and O–H groups in total. The van der Waals surface area contributed by atoms with Crippen LogP contribution in [0.3, 0.4) is 0 Å². The third-order valence-electron chi connectivity index (χ3n) is 6.71. The average molecular weight is 504 g/mol. The number of aliphatic carboxylic acids is 1. The Morgan fingerprint density at radius 3 is 2.36 bits per heavy atom. The van der Waals surface area contributed by atoms with E-state index in [-0.39, 0.29) is 0 Å². The number of halogens is 1. The Morgan fingerprint density at radius 1 is 1.08 bits per heavy atom. The summed E-state index contributed by atoms with van der Waals surface area (Å²) in [5.41, 5.74) is 6.94. The van der Waals surface area contributed by atoms with Crippen molar-refractivity contribution in [3.63, 3.8) is 0 Å². The van der Waals surface area contributed by atoms with Crippen molar-refractivity contribution in [1.29, 1.82) is 0 Å². The van der Waals surface area contributed by atoms with Crippen LogP contribution in [0.1, 0.15) is 43.7 Å². The molecule has 3 heterocycles. The van der Waals surface area contributed by atoms with Gasteiger partial charge in [0.25, 0.3) is 0 Å². The van der Waals surface area contributed by atoms with E-state index in [0.29, 0.717) is 10.6 Å². The zero-order chi connectivity index (χ0) is 25.8.